The maximum atomic E-state index is 14.0. The maximum Gasteiger partial charge on any atom is 0.408 e. The van der Waals surface area contributed by atoms with Gasteiger partial charge in [-0.3, -0.25) is 4.79 Å². The summed E-state index contributed by atoms with van der Waals surface area (Å²) in [4.78, 5) is 45.7. The molecule has 0 unspecified atom stereocenters. The normalized spacial score (nSPS) is 29.7. The molecule has 2 aliphatic carbocycles. The van der Waals surface area contributed by atoms with Crippen LogP contribution < -0.4 is 10.1 Å². The van der Waals surface area contributed by atoms with Crippen LogP contribution in [-0.2, 0) is 14.3 Å². The molecule has 6 rings (SSSR count). The zero-order valence-electron chi connectivity index (χ0n) is 23.4. The van der Waals surface area contributed by atoms with Crippen LogP contribution in [0.1, 0.15) is 76.3 Å². The highest BCUT2D eigenvalue weighted by Crippen LogP contribution is 2.35. The Labute approximate surface area is 240 Å². The second-order valence-electron chi connectivity index (χ2n) is 12.0. The number of fused-ring (bicyclic) bond motifs is 5. The number of para-hydroxylation sites is 1. The minimum atomic E-state index is -1.08. The maximum absolute atomic E-state index is 14.0. The van der Waals surface area contributed by atoms with Crippen LogP contribution in [0.5, 0.6) is 5.75 Å². The topological polar surface area (TPSA) is 118 Å². The van der Waals surface area contributed by atoms with Crippen molar-refractivity contribution >= 4 is 34.9 Å². The van der Waals surface area contributed by atoms with E-state index in [2.05, 4.69) is 11.4 Å². The summed E-state index contributed by atoms with van der Waals surface area (Å²) >= 11 is 0. The third kappa shape index (κ3) is 6.04. The summed E-state index contributed by atoms with van der Waals surface area (Å²) in [5, 5.41) is 13.9. The number of pyridine rings is 1. The summed E-state index contributed by atoms with van der Waals surface area (Å²) in [6, 6.07) is 7.92. The Bertz CT molecular complexity index is 1320. The van der Waals surface area contributed by atoms with Crippen molar-refractivity contribution in [2.45, 2.75) is 94.9 Å². The monoisotopic (exact) mass is 561 g/mol. The van der Waals surface area contributed by atoms with Gasteiger partial charge in [0, 0.05) is 11.8 Å². The number of amides is 2. The number of nitrogens with zero attached hydrogens (tertiary/aromatic N) is 2. The van der Waals surface area contributed by atoms with Crippen LogP contribution in [0.4, 0.5) is 4.79 Å². The van der Waals surface area contributed by atoms with Crippen molar-refractivity contribution in [1.82, 2.24) is 15.2 Å². The summed E-state index contributed by atoms with van der Waals surface area (Å²) in [6.07, 6.45) is 12.2. The minimum Gasteiger partial charge on any atom is -0.486 e. The van der Waals surface area contributed by atoms with Gasteiger partial charge in [-0.15, -0.1) is 0 Å². The molecular weight excluding hydrogens is 522 g/mol. The quantitative estimate of drug-likeness (QED) is 0.510. The van der Waals surface area contributed by atoms with E-state index in [0.29, 0.717) is 17.4 Å². The van der Waals surface area contributed by atoms with Crippen molar-refractivity contribution < 1.29 is 29.0 Å². The summed E-state index contributed by atoms with van der Waals surface area (Å²) in [5.74, 6) is -0.616. The Kier molecular flexibility index (Phi) is 8.12. The molecule has 2 N–H and O–H groups in total. The molecule has 2 aliphatic heterocycles. The van der Waals surface area contributed by atoms with E-state index < -0.39 is 30.3 Å². The SMILES string of the molecule is O=C1N[C@@H](C2CCCC2)C(=O)N2C[C@@H](C[C@H]2C(=O)O)Oc2cc3ccccc3nc2C=CCCC[C@H]2CCC[C@@H]2O1. The van der Waals surface area contributed by atoms with Gasteiger partial charge in [0.1, 0.15) is 35.7 Å². The van der Waals surface area contributed by atoms with E-state index in [1.54, 1.807) is 0 Å². The largest absolute Gasteiger partial charge is 0.486 e. The van der Waals surface area contributed by atoms with Gasteiger partial charge < -0.3 is 24.8 Å². The molecule has 2 saturated carbocycles. The van der Waals surface area contributed by atoms with E-state index in [9.17, 15) is 19.5 Å². The van der Waals surface area contributed by atoms with Crippen LogP contribution in [0.2, 0.25) is 0 Å². The first-order chi connectivity index (χ1) is 20.0. The number of nitrogens with one attached hydrogen (secondary N) is 1. The van der Waals surface area contributed by atoms with E-state index in [1.807, 2.05) is 36.4 Å². The Hall–Kier alpha value is -3.62. The van der Waals surface area contributed by atoms with Gasteiger partial charge in [-0.25, -0.2) is 14.6 Å². The fourth-order valence-electron chi connectivity index (χ4n) is 7.20. The molecule has 0 radical (unpaired) electrons. The van der Waals surface area contributed by atoms with E-state index in [4.69, 9.17) is 14.5 Å². The number of rotatable bonds is 2. The number of hydrogen-bond acceptors (Lipinski definition) is 6. The van der Waals surface area contributed by atoms with Crippen molar-refractivity contribution in [1.29, 1.82) is 0 Å². The third-order valence-electron chi connectivity index (χ3n) is 9.32. The Balaban J connectivity index is 1.34. The van der Waals surface area contributed by atoms with Gasteiger partial charge in [0.25, 0.3) is 0 Å². The van der Waals surface area contributed by atoms with Crippen molar-refractivity contribution in [2.24, 2.45) is 11.8 Å². The second-order valence-corrected chi connectivity index (χ2v) is 12.0. The fraction of sp³-hybridized carbons (Fsp3) is 0.562. The number of aromatic nitrogens is 1. The molecule has 1 aromatic heterocycles. The Morgan fingerprint density at radius 1 is 0.976 bits per heavy atom. The van der Waals surface area contributed by atoms with E-state index in [-0.39, 0.29) is 30.9 Å². The van der Waals surface area contributed by atoms with Crippen LogP contribution in [0.25, 0.3) is 17.0 Å². The number of carbonyl (C=O) groups excluding carboxylic acids is 2. The molecule has 2 amide bonds. The molecule has 2 aromatic rings. The van der Waals surface area contributed by atoms with Gasteiger partial charge in [-0.2, -0.15) is 0 Å². The summed E-state index contributed by atoms with van der Waals surface area (Å²) in [6.45, 7) is 0.121. The van der Waals surface area contributed by atoms with Crippen LogP contribution in [0, 0.1) is 11.8 Å². The standard InChI is InChI=1S/C32H39N3O6/c36-30-29(21-10-4-5-11-21)34-32(39)41-27-16-8-13-20(27)9-2-1-3-15-25-28(17-22-12-6-7-14-24(22)33-25)40-23-18-26(31(37)38)35(30)19-23/h3,6-7,12,14-15,17,20-21,23,26-27,29H,1-2,4-5,8-11,13,16,18-19H2,(H,34,39)(H,37,38)/t20-,23+,26-,27-,29-/m0/s1. The lowest BCUT2D eigenvalue weighted by Gasteiger charge is -2.31. The highest BCUT2D eigenvalue weighted by atomic mass is 16.6. The van der Waals surface area contributed by atoms with Gasteiger partial charge in [0.05, 0.1) is 12.1 Å². The highest BCUT2D eigenvalue weighted by Gasteiger charge is 2.45. The number of carbonyl (C=O) groups is 3. The molecule has 9 heteroatoms. The average Bonchev–Trinajstić information content (AvgIpc) is 3.73. The fourth-order valence-corrected chi connectivity index (χ4v) is 7.20. The zero-order chi connectivity index (χ0) is 28.3. The van der Waals surface area contributed by atoms with Crippen molar-refractivity contribution in [2.75, 3.05) is 6.54 Å². The molecule has 2 bridgehead atoms. The Morgan fingerprint density at radius 3 is 2.59 bits per heavy atom. The third-order valence-corrected chi connectivity index (χ3v) is 9.32. The smallest absolute Gasteiger partial charge is 0.408 e. The second kappa shape index (κ2) is 12.1. The highest BCUT2D eigenvalue weighted by molar-refractivity contribution is 5.90. The van der Waals surface area contributed by atoms with E-state index in [0.717, 1.165) is 75.1 Å². The van der Waals surface area contributed by atoms with Crippen LogP contribution in [0.15, 0.2) is 36.4 Å². The average molecular weight is 562 g/mol. The molecule has 41 heavy (non-hydrogen) atoms. The number of ether oxygens (including phenoxy) is 2. The number of allylic oxidation sites excluding steroid dienone is 1. The molecule has 4 aliphatic rings. The molecule has 1 saturated heterocycles. The molecular formula is C32H39N3O6. The lowest BCUT2D eigenvalue weighted by Crippen LogP contribution is -2.55. The van der Waals surface area contributed by atoms with Gasteiger partial charge in [-0.05, 0) is 81.4 Å². The summed E-state index contributed by atoms with van der Waals surface area (Å²) in [5.41, 5.74) is 1.55. The van der Waals surface area contributed by atoms with Gasteiger partial charge in [0.2, 0.25) is 5.91 Å². The van der Waals surface area contributed by atoms with Crippen LogP contribution in [0.3, 0.4) is 0 Å². The van der Waals surface area contributed by atoms with Gasteiger partial charge in [0.15, 0.2) is 0 Å². The first-order valence-electron chi connectivity index (χ1n) is 15.2. The van der Waals surface area contributed by atoms with Crippen LogP contribution >= 0.6 is 0 Å². The molecule has 0 spiro atoms. The van der Waals surface area contributed by atoms with Gasteiger partial charge in [-0.1, -0.05) is 37.1 Å². The first-order valence-corrected chi connectivity index (χ1v) is 15.2. The number of hydrogen-bond donors (Lipinski definition) is 2. The number of benzene rings is 1. The van der Waals surface area contributed by atoms with Gasteiger partial charge >= 0.3 is 12.1 Å². The first kappa shape index (κ1) is 27.5. The summed E-state index contributed by atoms with van der Waals surface area (Å²) in [7, 11) is 0. The van der Waals surface area contributed by atoms with Crippen molar-refractivity contribution in [3.05, 3.63) is 42.1 Å². The van der Waals surface area contributed by atoms with Crippen molar-refractivity contribution in [3.8, 4) is 5.75 Å². The van der Waals surface area contributed by atoms with E-state index >= 15 is 0 Å². The summed E-state index contributed by atoms with van der Waals surface area (Å²) < 4.78 is 12.3. The molecule has 1 aromatic carbocycles. The lowest BCUT2D eigenvalue weighted by molar-refractivity contribution is -0.149. The number of carboxylic acid groups (broad SMARTS) is 1. The van der Waals surface area contributed by atoms with Crippen LogP contribution in [-0.4, -0.2) is 63.8 Å². The predicted octanol–water partition coefficient (Wildman–Crippen LogP) is 5.32. The molecule has 3 fully saturated rings. The molecule has 5 atom stereocenters. The zero-order valence-corrected chi connectivity index (χ0v) is 23.4. The number of alkyl carbamates (subject to hydrolysis) is 1. The lowest BCUT2D eigenvalue weighted by atomic mass is 9.96. The molecule has 3 heterocycles. The van der Waals surface area contributed by atoms with Crippen molar-refractivity contribution in [3.63, 3.8) is 0 Å². The van der Waals surface area contributed by atoms with E-state index in [1.165, 1.54) is 4.90 Å². The Morgan fingerprint density at radius 2 is 1.76 bits per heavy atom. The molecule has 218 valence electrons. The predicted molar refractivity (Wildman–Crippen MR) is 153 cm³/mol. The minimum absolute atomic E-state index is 0.0455. The molecule has 9 nitrogen and oxygen atoms in total. The number of carboxylic acids is 1. The number of aliphatic carboxylic acids is 1.